The first-order valence-electron chi connectivity index (χ1n) is 8.58. The van der Waals surface area contributed by atoms with Crippen molar-refractivity contribution in [2.24, 2.45) is 10.9 Å². The molecule has 0 amide bonds. The molecule has 2 aromatic rings. The van der Waals surface area contributed by atoms with Gasteiger partial charge in [0.2, 0.25) is 0 Å². The predicted octanol–water partition coefficient (Wildman–Crippen LogP) is 5.37. The van der Waals surface area contributed by atoms with Crippen molar-refractivity contribution in [1.82, 2.24) is 0 Å². The number of aryl methyl sites for hydroxylation is 1. The van der Waals surface area contributed by atoms with Crippen molar-refractivity contribution >= 4 is 6.21 Å². The number of rotatable bonds is 3. The highest BCUT2D eigenvalue weighted by Crippen LogP contribution is 2.33. The van der Waals surface area contributed by atoms with Gasteiger partial charge in [-0.25, -0.2) is 0 Å². The Morgan fingerprint density at radius 1 is 1.04 bits per heavy atom. The van der Waals surface area contributed by atoms with Crippen molar-refractivity contribution in [3.63, 3.8) is 0 Å². The zero-order chi connectivity index (χ0) is 16.2. The second-order valence-electron chi connectivity index (χ2n) is 6.67. The van der Waals surface area contributed by atoms with Crippen molar-refractivity contribution < 1.29 is 5.11 Å². The second kappa shape index (κ2) is 6.99. The molecule has 0 saturated heterocycles. The van der Waals surface area contributed by atoms with Gasteiger partial charge in [-0.15, -0.1) is 0 Å². The van der Waals surface area contributed by atoms with E-state index in [0.717, 1.165) is 28.7 Å². The Kier molecular flexibility index (Phi) is 4.80. The SMILES string of the molecule is Cc1ccc(-c2ccccc2)c(O)c1C=NC1CCCCC1C. The van der Waals surface area contributed by atoms with Gasteiger partial charge in [0.1, 0.15) is 5.75 Å². The van der Waals surface area contributed by atoms with Gasteiger partial charge >= 0.3 is 0 Å². The van der Waals surface area contributed by atoms with E-state index in [4.69, 9.17) is 4.99 Å². The van der Waals surface area contributed by atoms with Gasteiger partial charge in [0.25, 0.3) is 0 Å². The van der Waals surface area contributed by atoms with Crippen LogP contribution < -0.4 is 0 Å². The van der Waals surface area contributed by atoms with Gasteiger partial charge in [0, 0.05) is 17.3 Å². The largest absolute Gasteiger partial charge is 0.507 e. The van der Waals surface area contributed by atoms with Crippen LogP contribution in [0.5, 0.6) is 5.75 Å². The molecular formula is C21H25NO. The van der Waals surface area contributed by atoms with E-state index in [2.05, 4.69) is 13.0 Å². The first kappa shape index (κ1) is 15.8. The topological polar surface area (TPSA) is 32.6 Å². The predicted molar refractivity (Wildman–Crippen MR) is 97.3 cm³/mol. The third-order valence-electron chi connectivity index (χ3n) is 4.98. The zero-order valence-corrected chi connectivity index (χ0v) is 14.0. The maximum atomic E-state index is 10.7. The van der Waals surface area contributed by atoms with E-state index in [0.29, 0.717) is 17.7 Å². The van der Waals surface area contributed by atoms with Gasteiger partial charge in [0.15, 0.2) is 0 Å². The van der Waals surface area contributed by atoms with Crippen LogP contribution in [0, 0.1) is 12.8 Å². The van der Waals surface area contributed by atoms with Crippen LogP contribution >= 0.6 is 0 Å². The smallest absolute Gasteiger partial charge is 0.132 e. The summed E-state index contributed by atoms with van der Waals surface area (Å²) in [6, 6.07) is 14.5. The summed E-state index contributed by atoms with van der Waals surface area (Å²) in [4.78, 5) is 4.81. The fourth-order valence-corrected chi connectivity index (χ4v) is 3.41. The highest BCUT2D eigenvalue weighted by atomic mass is 16.3. The van der Waals surface area contributed by atoms with E-state index in [1.165, 1.54) is 19.3 Å². The Bertz CT molecular complexity index is 690. The molecule has 3 rings (SSSR count). The van der Waals surface area contributed by atoms with Crippen molar-refractivity contribution in [1.29, 1.82) is 0 Å². The van der Waals surface area contributed by atoms with E-state index < -0.39 is 0 Å². The number of phenols is 1. The van der Waals surface area contributed by atoms with Gasteiger partial charge in [-0.3, -0.25) is 4.99 Å². The highest BCUT2D eigenvalue weighted by molar-refractivity contribution is 5.90. The average molecular weight is 307 g/mol. The van der Waals surface area contributed by atoms with Crippen LogP contribution in [0.3, 0.4) is 0 Å². The Labute approximate surface area is 138 Å². The Morgan fingerprint density at radius 2 is 1.78 bits per heavy atom. The lowest BCUT2D eigenvalue weighted by Gasteiger charge is -2.25. The summed E-state index contributed by atoms with van der Waals surface area (Å²) in [7, 11) is 0. The van der Waals surface area contributed by atoms with Crippen LogP contribution in [-0.4, -0.2) is 17.4 Å². The van der Waals surface area contributed by atoms with E-state index >= 15 is 0 Å². The molecular weight excluding hydrogens is 282 g/mol. The van der Waals surface area contributed by atoms with Crippen LogP contribution in [-0.2, 0) is 0 Å². The quantitative estimate of drug-likeness (QED) is 0.760. The van der Waals surface area contributed by atoms with Crippen molar-refractivity contribution in [3.8, 4) is 16.9 Å². The minimum atomic E-state index is 0.336. The number of benzene rings is 2. The fourth-order valence-electron chi connectivity index (χ4n) is 3.41. The molecule has 1 aliphatic carbocycles. The Balaban J connectivity index is 1.93. The highest BCUT2D eigenvalue weighted by Gasteiger charge is 2.20. The molecule has 0 spiro atoms. The van der Waals surface area contributed by atoms with E-state index in [9.17, 15) is 5.11 Å². The molecule has 0 bridgehead atoms. The molecule has 2 atom stereocenters. The summed E-state index contributed by atoms with van der Waals surface area (Å²) < 4.78 is 0. The molecule has 2 aromatic carbocycles. The number of aromatic hydroxyl groups is 1. The van der Waals surface area contributed by atoms with Gasteiger partial charge in [-0.1, -0.05) is 62.2 Å². The first-order valence-corrected chi connectivity index (χ1v) is 8.58. The molecule has 0 aromatic heterocycles. The minimum Gasteiger partial charge on any atom is -0.507 e. The molecule has 0 radical (unpaired) electrons. The standard InChI is InChI=1S/C21H25NO/c1-15-12-13-18(17-9-4-3-5-10-17)21(23)19(15)14-22-20-11-7-6-8-16(20)2/h3-5,9-10,12-14,16,20,23H,6-8,11H2,1-2H3. The normalized spacial score (nSPS) is 21.7. The number of hydrogen-bond acceptors (Lipinski definition) is 2. The van der Waals surface area contributed by atoms with Crippen molar-refractivity contribution in [3.05, 3.63) is 53.6 Å². The van der Waals surface area contributed by atoms with Crippen LogP contribution in [0.1, 0.15) is 43.7 Å². The number of phenolic OH excluding ortho intramolecular Hbond substituents is 1. The first-order chi connectivity index (χ1) is 11.2. The molecule has 1 saturated carbocycles. The summed E-state index contributed by atoms with van der Waals surface area (Å²) >= 11 is 0. The molecule has 120 valence electrons. The Morgan fingerprint density at radius 3 is 2.52 bits per heavy atom. The molecule has 1 aliphatic rings. The minimum absolute atomic E-state index is 0.336. The molecule has 2 nitrogen and oxygen atoms in total. The van der Waals surface area contributed by atoms with Gasteiger partial charge < -0.3 is 5.11 Å². The maximum Gasteiger partial charge on any atom is 0.132 e. The van der Waals surface area contributed by atoms with Crippen molar-refractivity contribution in [2.45, 2.75) is 45.6 Å². The molecule has 23 heavy (non-hydrogen) atoms. The molecule has 2 unspecified atom stereocenters. The third-order valence-corrected chi connectivity index (χ3v) is 4.98. The Hall–Kier alpha value is -2.09. The fraction of sp³-hybridized carbons (Fsp3) is 0.381. The van der Waals surface area contributed by atoms with Crippen LogP contribution in [0.2, 0.25) is 0 Å². The third kappa shape index (κ3) is 3.47. The van der Waals surface area contributed by atoms with Crippen molar-refractivity contribution in [2.75, 3.05) is 0 Å². The summed E-state index contributed by atoms with van der Waals surface area (Å²) in [6.45, 7) is 4.31. The number of aliphatic imine (C=N–C) groups is 1. The van der Waals surface area contributed by atoms with Gasteiger partial charge in [-0.2, -0.15) is 0 Å². The van der Waals surface area contributed by atoms with E-state index in [-0.39, 0.29) is 0 Å². The monoisotopic (exact) mass is 307 g/mol. The van der Waals surface area contributed by atoms with E-state index in [1.807, 2.05) is 49.5 Å². The summed E-state index contributed by atoms with van der Waals surface area (Å²) in [5.41, 5.74) is 3.82. The molecule has 2 heteroatoms. The van der Waals surface area contributed by atoms with E-state index in [1.54, 1.807) is 0 Å². The van der Waals surface area contributed by atoms with Gasteiger partial charge in [-0.05, 0) is 36.8 Å². The molecule has 1 N–H and O–H groups in total. The molecule has 0 heterocycles. The number of hydrogen-bond donors (Lipinski definition) is 1. The molecule has 0 aliphatic heterocycles. The molecule has 1 fully saturated rings. The van der Waals surface area contributed by atoms with Crippen LogP contribution in [0.15, 0.2) is 47.5 Å². The van der Waals surface area contributed by atoms with Crippen LogP contribution in [0.4, 0.5) is 0 Å². The second-order valence-corrected chi connectivity index (χ2v) is 6.67. The van der Waals surface area contributed by atoms with Gasteiger partial charge in [0.05, 0.1) is 6.04 Å². The number of nitrogens with zero attached hydrogens (tertiary/aromatic N) is 1. The summed E-state index contributed by atoms with van der Waals surface area (Å²) in [5, 5.41) is 10.7. The lowest BCUT2D eigenvalue weighted by atomic mass is 9.86. The zero-order valence-electron chi connectivity index (χ0n) is 14.0. The summed E-state index contributed by atoms with van der Waals surface area (Å²) in [5.74, 6) is 0.975. The lowest BCUT2D eigenvalue weighted by molar-refractivity contribution is 0.333. The maximum absolute atomic E-state index is 10.7. The lowest BCUT2D eigenvalue weighted by Crippen LogP contribution is -2.20. The van der Waals surface area contributed by atoms with Crippen LogP contribution in [0.25, 0.3) is 11.1 Å². The summed E-state index contributed by atoms with van der Waals surface area (Å²) in [6.07, 6.45) is 6.90. The average Bonchev–Trinajstić information content (AvgIpc) is 2.57.